The number of nitrogens with zero attached hydrogens (tertiary/aromatic N) is 1. The number of pyridine rings is 1. The number of carbonyl (C=O) groups excluding carboxylic acids is 1. The van der Waals surface area contributed by atoms with Crippen molar-refractivity contribution >= 4 is 5.91 Å². The Morgan fingerprint density at radius 3 is 3.06 bits per heavy atom. The van der Waals surface area contributed by atoms with Crippen molar-refractivity contribution in [3.63, 3.8) is 0 Å². The molecule has 0 saturated carbocycles. The molecule has 0 aromatic carbocycles. The fourth-order valence-electron chi connectivity index (χ4n) is 3.10. The number of nitrogens with one attached hydrogen (secondary N) is 2. The van der Waals surface area contributed by atoms with Crippen LogP contribution in [0.3, 0.4) is 0 Å². The third-order valence-electron chi connectivity index (χ3n) is 4.04. The molecule has 0 spiro atoms. The van der Waals surface area contributed by atoms with Crippen LogP contribution in [0.2, 0.25) is 0 Å². The summed E-state index contributed by atoms with van der Waals surface area (Å²) >= 11 is 0. The van der Waals surface area contributed by atoms with Crippen molar-refractivity contribution in [1.29, 1.82) is 0 Å². The molecular weight excluding hydrogens is 226 g/mol. The van der Waals surface area contributed by atoms with Crippen LogP contribution in [0.1, 0.15) is 25.0 Å². The molecule has 18 heavy (non-hydrogen) atoms. The molecule has 96 valence electrons. The van der Waals surface area contributed by atoms with Crippen LogP contribution in [-0.2, 0) is 11.2 Å². The molecule has 0 aliphatic carbocycles. The van der Waals surface area contributed by atoms with Gasteiger partial charge in [-0.1, -0.05) is 6.07 Å². The van der Waals surface area contributed by atoms with Gasteiger partial charge in [-0.05, 0) is 31.4 Å². The van der Waals surface area contributed by atoms with Crippen molar-refractivity contribution in [2.45, 2.75) is 37.8 Å². The van der Waals surface area contributed by atoms with Gasteiger partial charge < -0.3 is 10.6 Å². The minimum absolute atomic E-state index is 0.187. The van der Waals surface area contributed by atoms with E-state index in [0.717, 1.165) is 25.0 Å². The van der Waals surface area contributed by atoms with E-state index in [1.807, 2.05) is 18.2 Å². The molecule has 3 unspecified atom stereocenters. The highest BCUT2D eigenvalue weighted by Gasteiger charge is 2.42. The van der Waals surface area contributed by atoms with E-state index in [4.69, 9.17) is 0 Å². The normalized spacial score (nSPS) is 29.4. The van der Waals surface area contributed by atoms with Gasteiger partial charge in [0.05, 0.1) is 5.92 Å². The number of aromatic nitrogens is 1. The van der Waals surface area contributed by atoms with Gasteiger partial charge in [-0.3, -0.25) is 9.78 Å². The van der Waals surface area contributed by atoms with Gasteiger partial charge in [-0.15, -0.1) is 0 Å². The van der Waals surface area contributed by atoms with Gasteiger partial charge >= 0.3 is 0 Å². The van der Waals surface area contributed by atoms with E-state index >= 15 is 0 Å². The second-order valence-corrected chi connectivity index (χ2v) is 5.25. The lowest BCUT2D eigenvalue weighted by molar-refractivity contribution is -0.125. The lowest BCUT2D eigenvalue weighted by atomic mass is 9.88. The highest BCUT2D eigenvalue weighted by atomic mass is 16.1. The van der Waals surface area contributed by atoms with Crippen LogP contribution in [-0.4, -0.2) is 29.5 Å². The first-order chi connectivity index (χ1) is 8.83. The number of hydrogen-bond acceptors (Lipinski definition) is 3. The van der Waals surface area contributed by atoms with E-state index in [2.05, 4.69) is 15.6 Å². The monoisotopic (exact) mass is 245 g/mol. The SMILES string of the molecule is O=C(NCCc1ccccn1)C1CC2CCC1N2. The molecule has 1 amide bonds. The highest BCUT2D eigenvalue weighted by Crippen LogP contribution is 2.33. The van der Waals surface area contributed by atoms with E-state index in [0.29, 0.717) is 18.6 Å². The van der Waals surface area contributed by atoms with Crippen LogP contribution < -0.4 is 10.6 Å². The van der Waals surface area contributed by atoms with Gasteiger partial charge in [0.15, 0.2) is 0 Å². The second-order valence-electron chi connectivity index (χ2n) is 5.25. The lowest BCUT2D eigenvalue weighted by Crippen LogP contribution is -2.38. The molecule has 1 aromatic rings. The van der Waals surface area contributed by atoms with Crippen LogP contribution >= 0.6 is 0 Å². The van der Waals surface area contributed by atoms with Crippen molar-refractivity contribution in [2.75, 3.05) is 6.54 Å². The molecule has 3 rings (SSSR count). The predicted molar refractivity (Wildman–Crippen MR) is 69.0 cm³/mol. The molecular formula is C14H19N3O. The van der Waals surface area contributed by atoms with E-state index in [-0.39, 0.29) is 11.8 Å². The summed E-state index contributed by atoms with van der Waals surface area (Å²) in [5.74, 6) is 0.401. The van der Waals surface area contributed by atoms with Gasteiger partial charge in [0.25, 0.3) is 0 Å². The van der Waals surface area contributed by atoms with Crippen LogP contribution in [0.25, 0.3) is 0 Å². The molecule has 4 nitrogen and oxygen atoms in total. The van der Waals surface area contributed by atoms with E-state index in [9.17, 15) is 4.79 Å². The first-order valence-electron chi connectivity index (χ1n) is 6.76. The molecule has 3 atom stereocenters. The molecule has 2 bridgehead atoms. The maximum atomic E-state index is 12.1. The Morgan fingerprint density at radius 2 is 2.39 bits per heavy atom. The molecule has 4 heteroatoms. The maximum absolute atomic E-state index is 12.1. The topological polar surface area (TPSA) is 54.0 Å². The predicted octanol–water partition coefficient (Wildman–Crippen LogP) is 0.881. The van der Waals surface area contributed by atoms with Crippen LogP contribution in [0.15, 0.2) is 24.4 Å². The molecule has 2 N–H and O–H groups in total. The first kappa shape index (κ1) is 11.7. The molecule has 2 saturated heterocycles. The quantitative estimate of drug-likeness (QED) is 0.828. The van der Waals surface area contributed by atoms with Crippen molar-refractivity contribution in [1.82, 2.24) is 15.6 Å². The number of fused-ring (bicyclic) bond motifs is 2. The van der Waals surface area contributed by atoms with Gasteiger partial charge in [0.2, 0.25) is 5.91 Å². The fraction of sp³-hybridized carbons (Fsp3) is 0.571. The lowest BCUT2D eigenvalue weighted by Gasteiger charge is -2.19. The van der Waals surface area contributed by atoms with Crippen molar-refractivity contribution < 1.29 is 4.79 Å². The summed E-state index contributed by atoms with van der Waals surface area (Å²) in [6.45, 7) is 0.684. The van der Waals surface area contributed by atoms with E-state index < -0.39 is 0 Å². The summed E-state index contributed by atoms with van der Waals surface area (Å²) in [5.41, 5.74) is 1.03. The summed E-state index contributed by atoms with van der Waals surface area (Å²) in [4.78, 5) is 16.3. The maximum Gasteiger partial charge on any atom is 0.224 e. The minimum atomic E-state index is 0.187. The molecule has 1 aromatic heterocycles. The Morgan fingerprint density at radius 1 is 1.44 bits per heavy atom. The highest BCUT2D eigenvalue weighted by molar-refractivity contribution is 5.80. The molecule has 3 heterocycles. The van der Waals surface area contributed by atoms with Crippen molar-refractivity contribution in [3.8, 4) is 0 Å². The molecule has 0 radical (unpaired) electrons. The number of hydrogen-bond donors (Lipinski definition) is 2. The molecule has 2 aliphatic heterocycles. The summed E-state index contributed by atoms with van der Waals surface area (Å²) in [5, 5.41) is 6.53. The summed E-state index contributed by atoms with van der Waals surface area (Å²) in [6, 6.07) is 6.88. The Labute approximate surface area is 107 Å². The average Bonchev–Trinajstić information content (AvgIpc) is 3.02. The van der Waals surface area contributed by atoms with Crippen LogP contribution in [0.4, 0.5) is 0 Å². The number of rotatable bonds is 4. The third kappa shape index (κ3) is 2.38. The van der Waals surface area contributed by atoms with Crippen LogP contribution in [0, 0.1) is 5.92 Å². The fourth-order valence-corrected chi connectivity index (χ4v) is 3.10. The zero-order valence-corrected chi connectivity index (χ0v) is 10.4. The smallest absolute Gasteiger partial charge is 0.224 e. The summed E-state index contributed by atoms with van der Waals surface area (Å²) < 4.78 is 0. The zero-order valence-electron chi connectivity index (χ0n) is 10.4. The summed E-state index contributed by atoms with van der Waals surface area (Å²) in [6.07, 6.45) is 6.00. The second kappa shape index (κ2) is 5.06. The zero-order chi connectivity index (χ0) is 12.4. The first-order valence-corrected chi connectivity index (χ1v) is 6.76. The molecule has 2 aliphatic rings. The van der Waals surface area contributed by atoms with Crippen molar-refractivity contribution in [2.24, 2.45) is 5.92 Å². The van der Waals surface area contributed by atoms with Gasteiger partial charge in [-0.2, -0.15) is 0 Å². The minimum Gasteiger partial charge on any atom is -0.355 e. The largest absolute Gasteiger partial charge is 0.355 e. The third-order valence-corrected chi connectivity index (χ3v) is 4.04. The number of amides is 1. The Balaban J connectivity index is 1.45. The average molecular weight is 245 g/mol. The Kier molecular flexibility index (Phi) is 3.28. The molecule has 2 fully saturated rings. The summed E-state index contributed by atoms with van der Waals surface area (Å²) in [7, 11) is 0. The standard InChI is InChI=1S/C14H19N3O/c18-14(12-9-11-4-5-13(12)17-11)16-8-6-10-3-1-2-7-15-10/h1-3,7,11-13,17H,4-6,8-9H2,(H,16,18). The van der Waals surface area contributed by atoms with Gasteiger partial charge in [0, 0.05) is 36.9 Å². The van der Waals surface area contributed by atoms with Gasteiger partial charge in [-0.25, -0.2) is 0 Å². The Hall–Kier alpha value is -1.42. The Bertz CT molecular complexity index is 420. The van der Waals surface area contributed by atoms with Gasteiger partial charge in [0.1, 0.15) is 0 Å². The van der Waals surface area contributed by atoms with Crippen molar-refractivity contribution in [3.05, 3.63) is 30.1 Å². The van der Waals surface area contributed by atoms with E-state index in [1.54, 1.807) is 6.20 Å². The number of carbonyl (C=O) groups is 1. The van der Waals surface area contributed by atoms with E-state index in [1.165, 1.54) is 6.42 Å². The van der Waals surface area contributed by atoms with Crippen LogP contribution in [0.5, 0.6) is 0 Å².